The van der Waals surface area contributed by atoms with E-state index in [9.17, 15) is 13.2 Å². The molecule has 4 aromatic rings. The molecule has 0 fully saturated rings. The Morgan fingerprint density at radius 1 is 1.03 bits per heavy atom. The molecule has 0 radical (unpaired) electrons. The van der Waals surface area contributed by atoms with Gasteiger partial charge in [-0.15, -0.1) is 11.3 Å². The van der Waals surface area contributed by atoms with Crippen LogP contribution in [0.25, 0.3) is 21.2 Å². The molecule has 0 amide bonds. The van der Waals surface area contributed by atoms with Gasteiger partial charge in [-0.25, -0.2) is 8.42 Å². The van der Waals surface area contributed by atoms with Gasteiger partial charge in [0.15, 0.2) is 0 Å². The highest BCUT2D eigenvalue weighted by Gasteiger charge is 2.18. The van der Waals surface area contributed by atoms with E-state index in [4.69, 9.17) is 4.74 Å². The molecule has 2 aromatic carbocycles. The number of sulfonamides is 1. The van der Waals surface area contributed by atoms with Gasteiger partial charge in [0.1, 0.15) is 11.5 Å². The van der Waals surface area contributed by atoms with E-state index in [2.05, 4.69) is 16.9 Å². The summed E-state index contributed by atoms with van der Waals surface area (Å²) in [4.78, 5) is 12.6. The Morgan fingerprint density at radius 3 is 2.39 bits per heavy atom. The molecule has 4 rings (SSSR count). The van der Waals surface area contributed by atoms with E-state index < -0.39 is 10.0 Å². The Morgan fingerprint density at radius 2 is 1.73 bits per heavy atom. The molecule has 1 N–H and O–H groups in total. The number of aryl methyl sites for hydroxylation is 4. The average Bonchev–Trinajstić information content (AvgIpc) is 3.24. The van der Waals surface area contributed by atoms with E-state index in [0.717, 1.165) is 32.7 Å². The number of aromatic nitrogens is 1. The smallest absolute Gasteiger partial charge is 0.259 e. The third kappa shape index (κ3) is 4.54. The molecule has 2 heterocycles. The fourth-order valence-electron chi connectivity index (χ4n) is 3.96. The number of nitrogens with zero attached hydrogens (tertiary/aromatic N) is 1. The summed E-state index contributed by atoms with van der Waals surface area (Å²) in [5.41, 5.74) is 5.04. The van der Waals surface area contributed by atoms with E-state index in [0.29, 0.717) is 22.4 Å². The summed E-state index contributed by atoms with van der Waals surface area (Å²) in [7, 11) is -1.74. The van der Waals surface area contributed by atoms with E-state index in [1.165, 1.54) is 11.3 Å². The summed E-state index contributed by atoms with van der Waals surface area (Å²) < 4.78 is 35.8. The second-order valence-corrected chi connectivity index (χ2v) is 11.1. The van der Waals surface area contributed by atoms with Crippen molar-refractivity contribution in [3.8, 4) is 22.6 Å². The van der Waals surface area contributed by atoms with Crippen molar-refractivity contribution in [1.82, 2.24) is 4.57 Å². The van der Waals surface area contributed by atoms with E-state index >= 15 is 0 Å². The molecule has 0 aliphatic carbocycles. The Kier molecular flexibility index (Phi) is 6.07. The van der Waals surface area contributed by atoms with Crippen molar-refractivity contribution in [2.45, 2.75) is 27.7 Å². The van der Waals surface area contributed by atoms with Gasteiger partial charge >= 0.3 is 0 Å². The van der Waals surface area contributed by atoms with Crippen LogP contribution in [0.5, 0.6) is 11.5 Å². The van der Waals surface area contributed by atoms with Gasteiger partial charge in [-0.1, -0.05) is 17.7 Å². The molecule has 8 heteroatoms. The van der Waals surface area contributed by atoms with Crippen LogP contribution in [0.1, 0.15) is 23.6 Å². The lowest BCUT2D eigenvalue weighted by molar-refractivity contribution is 0.477. The highest BCUT2D eigenvalue weighted by atomic mass is 32.2. The molecule has 2 aromatic heterocycles. The number of thiophene rings is 1. The summed E-state index contributed by atoms with van der Waals surface area (Å²) in [6.45, 7) is 7.64. The van der Waals surface area contributed by atoms with Crippen molar-refractivity contribution >= 4 is 37.1 Å². The molecule has 0 aliphatic heterocycles. The molecule has 0 saturated heterocycles. The molecular formula is C25H26N2O4S2. The number of fused-ring (bicyclic) bond motifs is 1. The predicted molar refractivity (Wildman–Crippen MR) is 136 cm³/mol. The van der Waals surface area contributed by atoms with Crippen LogP contribution >= 0.6 is 11.3 Å². The molecule has 0 unspecified atom stereocenters. The van der Waals surface area contributed by atoms with Crippen molar-refractivity contribution in [3.63, 3.8) is 0 Å². The number of rotatable bonds is 6. The van der Waals surface area contributed by atoms with Crippen LogP contribution in [0.3, 0.4) is 0 Å². The van der Waals surface area contributed by atoms with Gasteiger partial charge in [-0.2, -0.15) is 0 Å². The first kappa shape index (κ1) is 23.1. The summed E-state index contributed by atoms with van der Waals surface area (Å²) in [6, 6.07) is 11.2. The largest absolute Gasteiger partial charge is 0.456 e. The fourth-order valence-corrected chi connectivity index (χ4v) is 5.50. The molecule has 33 heavy (non-hydrogen) atoms. The lowest BCUT2D eigenvalue weighted by atomic mass is 10.0. The van der Waals surface area contributed by atoms with Gasteiger partial charge in [0.2, 0.25) is 10.0 Å². The zero-order valence-corrected chi connectivity index (χ0v) is 20.9. The third-order valence-corrected chi connectivity index (χ3v) is 7.78. The van der Waals surface area contributed by atoms with Gasteiger partial charge < -0.3 is 9.30 Å². The fraction of sp³-hybridized carbons (Fsp3) is 0.240. The quantitative estimate of drug-likeness (QED) is 0.380. The summed E-state index contributed by atoms with van der Waals surface area (Å²) in [6.07, 6.45) is 1.77. The molecule has 0 aliphatic rings. The standard InChI is InChI=1S/C25H26N2O4S2/c1-6-33(29,30)26-18-7-8-22(31-23-16(3)11-15(2)12-17(23)4)20(13-18)21-14-27(5)25(28)19-9-10-32-24(19)21/h7-14,26H,6H2,1-5H3. The maximum Gasteiger partial charge on any atom is 0.259 e. The average molecular weight is 483 g/mol. The van der Waals surface area contributed by atoms with Crippen molar-refractivity contribution in [3.05, 3.63) is 75.0 Å². The van der Waals surface area contributed by atoms with Crippen LogP contribution in [0, 0.1) is 20.8 Å². The summed E-state index contributed by atoms with van der Waals surface area (Å²) >= 11 is 1.47. The van der Waals surface area contributed by atoms with Crippen LogP contribution in [0.15, 0.2) is 52.8 Å². The van der Waals surface area contributed by atoms with Gasteiger partial charge in [-0.05, 0) is 68.5 Å². The van der Waals surface area contributed by atoms with Crippen molar-refractivity contribution < 1.29 is 13.2 Å². The normalized spacial score (nSPS) is 11.7. The topological polar surface area (TPSA) is 77.4 Å². The lowest BCUT2D eigenvalue weighted by Gasteiger charge is -2.18. The van der Waals surface area contributed by atoms with Gasteiger partial charge in [0.05, 0.1) is 11.1 Å². The summed E-state index contributed by atoms with van der Waals surface area (Å²) in [5.74, 6) is 1.31. The van der Waals surface area contributed by atoms with Crippen LogP contribution < -0.4 is 15.0 Å². The number of hydrogen-bond acceptors (Lipinski definition) is 5. The number of hydrogen-bond donors (Lipinski definition) is 1. The lowest BCUT2D eigenvalue weighted by Crippen LogP contribution is -2.16. The third-order valence-electron chi connectivity index (χ3n) is 5.52. The minimum atomic E-state index is -3.45. The molecule has 172 valence electrons. The molecule has 0 bridgehead atoms. The zero-order chi connectivity index (χ0) is 23.9. The minimum Gasteiger partial charge on any atom is -0.456 e. The van der Waals surface area contributed by atoms with E-state index in [-0.39, 0.29) is 11.3 Å². The van der Waals surface area contributed by atoms with E-state index in [1.807, 2.05) is 32.2 Å². The minimum absolute atomic E-state index is 0.0304. The first-order valence-electron chi connectivity index (χ1n) is 10.6. The van der Waals surface area contributed by atoms with Crippen LogP contribution in [0.2, 0.25) is 0 Å². The van der Waals surface area contributed by atoms with Crippen LogP contribution in [0.4, 0.5) is 5.69 Å². The van der Waals surface area contributed by atoms with Gasteiger partial charge in [0, 0.05) is 34.8 Å². The molecule has 0 spiro atoms. The van der Waals surface area contributed by atoms with Crippen molar-refractivity contribution in [2.24, 2.45) is 7.05 Å². The number of benzene rings is 2. The highest BCUT2D eigenvalue weighted by Crippen LogP contribution is 2.41. The maximum atomic E-state index is 12.6. The Hall–Kier alpha value is -3.10. The SMILES string of the molecule is CCS(=O)(=O)Nc1ccc(Oc2c(C)cc(C)cc2C)c(-c2cn(C)c(=O)c3ccsc23)c1. The molecule has 6 nitrogen and oxygen atoms in total. The molecule has 0 saturated carbocycles. The van der Waals surface area contributed by atoms with Gasteiger partial charge in [0.25, 0.3) is 5.56 Å². The monoisotopic (exact) mass is 482 g/mol. The molecular weight excluding hydrogens is 456 g/mol. The second-order valence-electron chi connectivity index (χ2n) is 8.17. The number of anilines is 1. The van der Waals surface area contributed by atoms with Crippen LogP contribution in [-0.2, 0) is 17.1 Å². The van der Waals surface area contributed by atoms with Gasteiger partial charge in [-0.3, -0.25) is 9.52 Å². The number of ether oxygens (including phenoxy) is 1. The summed E-state index contributed by atoms with van der Waals surface area (Å²) in [5, 5.41) is 2.50. The zero-order valence-electron chi connectivity index (χ0n) is 19.2. The maximum absolute atomic E-state index is 12.6. The molecule has 0 atom stereocenters. The Bertz CT molecular complexity index is 1510. The van der Waals surface area contributed by atoms with Crippen molar-refractivity contribution in [1.29, 1.82) is 0 Å². The Labute approximate surface area is 197 Å². The first-order valence-corrected chi connectivity index (χ1v) is 13.1. The highest BCUT2D eigenvalue weighted by molar-refractivity contribution is 7.92. The number of pyridine rings is 1. The van der Waals surface area contributed by atoms with E-state index in [1.54, 1.807) is 42.9 Å². The first-order chi connectivity index (χ1) is 15.6. The predicted octanol–water partition coefficient (Wildman–Crippen LogP) is 5.75. The number of nitrogens with one attached hydrogen (secondary N) is 1. The van der Waals surface area contributed by atoms with Crippen LogP contribution in [-0.4, -0.2) is 18.7 Å². The second kappa shape index (κ2) is 8.68. The van der Waals surface area contributed by atoms with Crippen molar-refractivity contribution in [2.75, 3.05) is 10.5 Å². The Balaban J connectivity index is 1.95.